The standard InChI is InChI=1S/C9H12O4/c1-13-8(12)9(7(10)11)5-3-2-4-6-9/h2-3H,4-6H2,1H3,(H,10,11). The average molecular weight is 184 g/mol. The highest BCUT2D eigenvalue weighted by Crippen LogP contribution is 2.34. The van der Waals surface area contributed by atoms with Crippen molar-refractivity contribution >= 4 is 11.9 Å². The number of hydrogen-bond donors (Lipinski definition) is 1. The molecule has 1 aliphatic rings. The number of carbonyl (C=O) groups excluding carboxylic acids is 1. The van der Waals surface area contributed by atoms with Crippen LogP contribution in [0.5, 0.6) is 0 Å². The summed E-state index contributed by atoms with van der Waals surface area (Å²) in [5, 5.41) is 8.96. The van der Waals surface area contributed by atoms with Gasteiger partial charge in [0.1, 0.15) is 0 Å². The number of carboxylic acids is 1. The van der Waals surface area contributed by atoms with Crippen LogP contribution in [0.25, 0.3) is 0 Å². The first-order valence-electron chi connectivity index (χ1n) is 4.10. The minimum Gasteiger partial charge on any atom is -0.480 e. The summed E-state index contributed by atoms with van der Waals surface area (Å²) >= 11 is 0. The molecule has 4 heteroatoms. The van der Waals surface area contributed by atoms with Crippen LogP contribution in [0.1, 0.15) is 19.3 Å². The number of esters is 1. The Labute approximate surface area is 76.2 Å². The number of hydrogen-bond acceptors (Lipinski definition) is 3. The number of allylic oxidation sites excluding steroid dienone is 2. The van der Waals surface area contributed by atoms with E-state index in [-0.39, 0.29) is 6.42 Å². The first-order valence-corrected chi connectivity index (χ1v) is 4.10. The Hall–Kier alpha value is -1.32. The predicted octanol–water partition coefficient (Wildman–Crippen LogP) is 0.970. The lowest BCUT2D eigenvalue weighted by atomic mass is 9.77. The molecular weight excluding hydrogens is 172 g/mol. The Balaban J connectivity index is 2.93. The highest BCUT2D eigenvalue weighted by Gasteiger charge is 2.46. The Morgan fingerprint density at radius 1 is 1.46 bits per heavy atom. The van der Waals surface area contributed by atoms with E-state index in [1.807, 2.05) is 6.08 Å². The van der Waals surface area contributed by atoms with Gasteiger partial charge in [0.15, 0.2) is 5.41 Å². The first kappa shape index (κ1) is 9.77. The van der Waals surface area contributed by atoms with Gasteiger partial charge in [0.2, 0.25) is 0 Å². The van der Waals surface area contributed by atoms with Crippen LogP contribution in [0.15, 0.2) is 12.2 Å². The molecule has 1 unspecified atom stereocenters. The van der Waals surface area contributed by atoms with Crippen molar-refractivity contribution in [1.82, 2.24) is 0 Å². The molecule has 0 saturated heterocycles. The van der Waals surface area contributed by atoms with E-state index in [1.165, 1.54) is 7.11 Å². The normalized spacial score (nSPS) is 26.8. The molecule has 0 fully saturated rings. The molecule has 4 nitrogen and oxygen atoms in total. The number of carbonyl (C=O) groups is 2. The summed E-state index contributed by atoms with van der Waals surface area (Å²) in [4.78, 5) is 22.2. The zero-order chi connectivity index (χ0) is 9.90. The summed E-state index contributed by atoms with van der Waals surface area (Å²) in [6.07, 6.45) is 4.76. The van der Waals surface area contributed by atoms with Crippen LogP contribution in [0, 0.1) is 5.41 Å². The molecule has 0 aromatic rings. The van der Waals surface area contributed by atoms with Gasteiger partial charge in [0.05, 0.1) is 7.11 Å². The molecule has 1 atom stereocenters. The van der Waals surface area contributed by atoms with Crippen LogP contribution in [-0.4, -0.2) is 24.2 Å². The maximum Gasteiger partial charge on any atom is 0.323 e. The molecule has 0 saturated carbocycles. The van der Waals surface area contributed by atoms with Gasteiger partial charge >= 0.3 is 11.9 Å². The second-order valence-electron chi connectivity index (χ2n) is 3.09. The van der Waals surface area contributed by atoms with Crippen molar-refractivity contribution in [2.45, 2.75) is 19.3 Å². The number of rotatable bonds is 2. The van der Waals surface area contributed by atoms with E-state index in [9.17, 15) is 9.59 Å². The SMILES string of the molecule is COC(=O)C1(C(=O)O)CC=CCC1. The molecule has 1 aliphatic carbocycles. The summed E-state index contributed by atoms with van der Waals surface area (Å²) in [6, 6.07) is 0. The molecule has 0 heterocycles. The van der Waals surface area contributed by atoms with Gasteiger partial charge in [-0.15, -0.1) is 0 Å². The first-order chi connectivity index (χ1) is 6.13. The van der Waals surface area contributed by atoms with Crippen molar-refractivity contribution in [3.05, 3.63) is 12.2 Å². The van der Waals surface area contributed by atoms with Gasteiger partial charge in [-0.1, -0.05) is 12.2 Å². The van der Waals surface area contributed by atoms with Gasteiger partial charge in [-0.25, -0.2) is 0 Å². The van der Waals surface area contributed by atoms with Gasteiger partial charge in [0.25, 0.3) is 0 Å². The van der Waals surface area contributed by atoms with Crippen LogP contribution in [0.4, 0.5) is 0 Å². The van der Waals surface area contributed by atoms with Gasteiger partial charge in [-0.05, 0) is 19.3 Å². The fourth-order valence-corrected chi connectivity index (χ4v) is 1.50. The van der Waals surface area contributed by atoms with Gasteiger partial charge in [-0.3, -0.25) is 9.59 Å². The summed E-state index contributed by atoms with van der Waals surface area (Å²) in [7, 11) is 1.21. The molecule has 1 N–H and O–H groups in total. The molecule has 13 heavy (non-hydrogen) atoms. The summed E-state index contributed by atoms with van der Waals surface area (Å²) < 4.78 is 4.50. The summed E-state index contributed by atoms with van der Waals surface area (Å²) in [6.45, 7) is 0. The number of ether oxygens (including phenoxy) is 1. The van der Waals surface area contributed by atoms with Crippen LogP contribution >= 0.6 is 0 Å². The van der Waals surface area contributed by atoms with Crippen molar-refractivity contribution in [2.75, 3.05) is 7.11 Å². The highest BCUT2D eigenvalue weighted by atomic mass is 16.5. The van der Waals surface area contributed by atoms with Crippen molar-refractivity contribution < 1.29 is 19.4 Å². The summed E-state index contributed by atoms with van der Waals surface area (Å²) in [5.74, 6) is -1.74. The van der Waals surface area contributed by atoms with E-state index in [4.69, 9.17) is 5.11 Å². The molecule has 0 aromatic carbocycles. The van der Waals surface area contributed by atoms with Crippen molar-refractivity contribution in [1.29, 1.82) is 0 Å². The fourth-order valence-electron chi connectivity index (χ4n) is 1.50. The monoisotopic (exact) mass is 184 g/mol. The van der Waals surface area contributed by atoms with Crippen molar-refractivity contribution in [3.8, 4) is 0 Å². The molecule has 0 radical (unpaired) electrons. The minimum absolute atomic E-state index is 0.231. The van der Waals surface area contributed by atoms with Gasteiger partial charge < -0.3 is 9.84 Å². The number of aliphatic carboxylic acids is 1. The topological polar surface area (TPSA) is 63.6 Å². The Morgan fingerprint density at radius 3 is 2.54 bits per heavy atom. The quantitative estimate of drug-likeness (QED) is 0.394. The van der Waals surface area contributed by atoms with E-state index < -0.39 is 17.4 Å². The van der Waals surface area contributed by atoms with E-state index in [0.717, 1.165) is 0 Å². The second kappa shape index (κ2) is 3.60. The lowest BCUT2D eigenvalue weighted by Gasteiger charge is -2.26. The van der Waals surface area contributed by atoms with E-state index in [0.29, 0.717) is 12.8 Å². The van der Waals surface area contributed by atoms with Gasteiger partial charge in [0, 0.05) is 0 Å². The van der Waals surface area contributed by atoms with Crippen molar-refractivity contribution in [2.24, 2.45) is 5.41 Å². The van der Waals surface area contributed by atoms with Gasteiger partial charge in [-0.2, -0.15) is 0 Å². The summed E-state index contributed by atoms with van der Waals surface area (Å²) in [5.41, 5.74) is -1.34. The largest absolute Gasteiger partial charge is 0.480 e. The number of methoxy groups -OCH3 is 1. The minimum atomic E-state index is -1.34. The molecule has 0 amide bonds. The third kappa shape index (κ3) is 1.56. The van der Waals surface area contributed by atoms with Crippen LogP contribution < -0.4 is 0 Å². The zero-order valence-electron chi connectivity index (χ0n) is 7.45. The Morgan fingerprint density at radius 2 is 2.15 bits per heavy atom. The highest BCUT2D eigenvalue weighted by molar-refractivity contribution is 5.99. The maximum absolute atomic E-state index is 11.3. The lowest BCUT2D eigenvalue weighted by molar-refractivity contribution is -0.167. The Bertz CT molecular complexity index is 256. The van der Waals surface area contributed by atoms with Crippen molar-refractivity contribution in [3.63, 3.8) is 0 Å². The zero-order valence-corrected chi connectivity index (χ0v) is 7.45. The third-order valence-corrected chi connectivity index (χ3v) is 2.36. The maximum atomic E-state index is 11.3. The fraction of sp³-hybridized carbons (Fsp3) is 0.556. The van der Waals surface area contributed by atoms with Crippen LogP contribution in [0.2, 0.25) is 0 Å². The molecule has 0 aliphatic heterocycles. The predicted molar refractivity (Wildman–Crippen MR) is 45.1 cm³/mol. The number of carboxylic acid groups (broad SMARTS) is 1. The lowest BCUT2D eigenvalue weighted by Crippen LogP contribution is -2.40. The van der Waals surface area contributed by atoms with E-state index >= 15 is 0 Å². The van der Waals surface area contributed by atoms with E-state index in [2.05, 4.69) is 4.74 Å². The molecule has 0 spiro atoms. The molecular formula is C9H12O4. The molecule has 0 bridgehead atoms. The van der Waals surface area contributed by atoms with E-state index in [1.54, 1.807) is 6.08 Å². The molecule has 1 rings (SSSR count). The van der Waals surface area contributed by atoms with Crippen LogP contribution in [0.3, 0.4) is 0 Å². The smallest absolute Gasteiger partial charge is 0.323 e. The Kier molecular flexibility index (Phi) is 2.70. The molecule has 72 valence electrons. The average Bonchev–Trinajstić information content (AvgIpc) is 2.17. The third-order valence-electron chi connectivity index (χ3n) is 2.36. The molecule has 0 aromatic heterocycles. The van der Waals surface area contributed by atoms with Crippen LogP contribution in [-0.2, 0) is 14.3 Å². The second-order valence-corrected chi connectivity index (χ2v) is 3.09.